The van der Waals surface area contributed by atoms with Gasteiger partial charge >= 0.3 is 0 Å². The Balaban J connectivity index is 1.75. The molecular weight excluding hydrogens is 278 g/mol. The standard InChI is InChI=1S/C12H17N5O4/c1-20-8-9(18)4-5-13-11(19)7-17-15-12(14-16-17)10-3-2-6-21-10/h2-3,6,9,18H,4-5,7-8H2,1H3,(H,13,19). The average Bonchev–Trinajstić information content (AvgIpc) is 3.09. The van der Waals surface area contributed by atoms with Crippen molar-refractivity contribution in [3.63, 3.8) is 0 Å². The number of tetrazole rings is 1. The van der Waals surface area contributed by atoms with Gasteiger partial charge in [0.25, 0.3) is 0 Å². The van der Waals surface area contributed by atoms with Crippen LogP contribution in [0.5, 0.6) is 0 Å². The molecule has 0 aliphatic rings. The Labute approximate surface area is 120 Å². The van der Waals surface area contributed by atoms with Crippen LogP contribution in [-0.2, 0) is 16.1 Å². The quantitative estimate of drug-likeness (QED) is 0.671. The van der Waals surface area contributed by atoms with Gasteiger partial charge in [-0.25, -0.2) is 0 Å². The fraction of sp³-hybridized carbons (Fsp3) is 0.500. The highest BCUT2D eigenvalue weighted by molar-refractivity contribution is 5.75. The molecule has 0 aliphatic heterocycles. The van der Waals surface area contributed by atoms with Crippen molar-refractivity contribution in [2.45, 2.75) is 19.1 Å². The van der Waals surface area contributed by atoms with Gasteiger partial charge in [-0.2, -0.15) is 4.80 Å². The first-order chi connectivity index (χ1) is 10.2. The average molecular weight is 295 g/mol. The lowest BCUT2D eigenvalue weighted by Crippen LogP contribution is -2.31. The number of aromatic nitrogens is 4. The van der Waals surface area contributed by atoms with E-state index in [1.165, 1.54) is 18.2 Å². The maximum Gasteiger partial charge on any atom is 0.243 e. The minimum atomic E-state index is -0.592. The second-order valence-electron chi connectivity index (χ2n) is 4.37. The lowest BCUT2D eigenvalue weighted by Gasteiger charge is -2.09. The number of aliphatic hydroxyl groups is 1. The van der Waals surface area contributed by atoms with E-state index in [9.17, 15) is 9.90 Å². The van der Waals surface area contributed by atoms with Crippen molar-refractivity contribution in [1.29, 1.82) is 0 Å². The number of hydrogen-bond acceptors (Lipinski definition) is 7. The molecule has 0 aliphatic carbocycles. The molecule has 2 aromatic rings. The molecule has 9 nitrogen and oxygen atoms in total. The molecule has 2 rings (SSSR count). The molecule has 1 amide bonds. The van der Waals surface area contributed by atoms with Gasteiger partial charge in [0.05, 0.1) is 19.0 Å². The fourth-order valence-electron chi connectivity index (χ4n) is 1.65. The molecule has 1 atom stereocenters. The summed E-state index contributed by atoms with van der Waals surface area (Å²) < 4.78 is 9.92. The zero-order chi connectivity index (χ0) is 15.1. The van der Waals surface area contributed by atoms with Gasteiger partial charge in [-0.1, -0.05) is 0 Å². The molecule has 2 N–H and O–H groups in total. The van der Waals surface area contributed by atoms with Crippen LogP contribution in [-0.4, -0.2) is 57.6 Å². The van der Waals surface area contributed by atoms with E-state index in [0.717, 1.165) is 0 Å². The van der Waals surface area contributed by atoms with E-state index in [0.29, 0.717) is 24.6 Å². The van der Waals surface area contributed by atoms with E-state index >= 15 is 0 Å². The van der Waals surface area contributed by atoms with Crippen LogP contribution in [0.15, 0.2) is 22.8 Å². The summed E-state index contributed by atoms with van der Waals surface area (Å²) in [5.74, 6) is 0.552. The van der Waals surface area contributed by atoms with Crippen LogP contribution in [0.25, 0.3) is 11.6 Å². The van der Waals surface area contributed by atoms with Gasteiger partial charge in [0.15, 0.2) is 5.76 Å². The molecule has 0 bridgehead atoms. The van der Waals surface area contributed by atoms with Gasteiger partial charge in [-0.3, -0.25) is 4.79 Å². The molecule has 1 unspecified atom stereocenters. The number of nitrogens with one attached hydrogen (secondary N) is 1. The summed E-state index contributed by atoms with van der Waals surface area (Å²) in [7, 11) is 1.51. The predicted molar refractivity (Wildman–Crippen MR) is 71.0 cm³/mol. The first-order valence-corrected chi connectivity index (χ1v) is 6.44. The number of carbonyl (C=O) groups excluding carboxylic acids is 1. The van der Waals surface area contributed by atoms with Crippen LogP contribution in [0.2, 0.25) is 0 Å². The molecule has 0 spiro atoms. The molecule has 2 aromatic heterocycles. The normalized spacial score (nSPS) is 12.3. The number of methoxy groups -OCH3 is 1. The van der Waals surface area contributed by atoms with Gasteiger partial charge in [0.2, 0.25) is 11.7 Å². The molecule has 9 heteroatoms. The highest BCUT2D eigenvalue weighted by Crippen LogP contribution is 2.12. The van der Waals surface area contributed by atoms with E-state index in [-0.39, 0.29) is 19.1 Å². The predicted octanol–water partition coefficient (Wildman–Crippen LogP) is -0.553. The molecule has 114 valence electrons. The number of nitrogens with zero attached hydrogens (tertiary/aromatic N) is 4. The number of furan rings is 1. The summed E-state index contributed by atoms with van der Waals surface area (Å²) in [6.07, 6.45) is 1.33. The summed E-state index contributed by atoms with van der Waals surface area (Å²) in [5.41, 5.74) is 0. The minimum absolute atomic E-state index is 0.0475. The Morgan fingerprint density at radius 2 is 2.48 bits per heavy atom. The number of rotatable bonds is 8. The maximum absolute atomic E-state index is 11.7. The SMILES string of the molecule is COCC(O)CCNC(=O)Cn1nnc(-c2ccco2)n1. The van der Waals surface area contributed by atoms with E-state index in [1.54, 1.807) is 12.1 Å². The number of hydrogen-bond donors (Lipinski definition) is 2. The summed E-state index contributed by atoms with van der Waals surface area (Å²) in [5, 5.41) is 23.7. The molecule has 2 heterocycles. The Morgan fingerprint density at radius 3 is 3.19 bits per heavy atom. The zero-order valence-corrected chi connectivity index (χ0v) is 11.6. The first kappa shape index (κ1) is 15.1. The van der Waals surface area contributed by atoms with Gasteiger partial charge in [0.1, 0.15) is 6.54 Å². The third-order valence-electron chi connectivity index (χ3n) is 2.64. The van der Waals surface area contributed by atoms with Crippen molar-refractivity contribution >= 4 is 5.91 Å². The van der Waals surface area contributed by atoms with Crippen molar-refractivity contribution in [2.24, 2.45) is 0 Å². The van der Waals surface area contributed by atoms with Crippen molar-refractivity contribution in [1.82, 2.24) is 25.5 Å². The summed E-state index contributed by atoms with van der Waals surface area (Å²) in [4.78, 5) is 12.9. The first-order valence-electron chi connectivity index (χ1n) is 6.44. The van der Waals surface area contributed by atoms with E-state index in [4.69, 9.17) is 9.15 Å². The Hall–Kier alpha value is -2.26. The van der Waals surface area contributed by atoms with E-state index in [2.05, 4.69) is 20.7 Å². The molecular formula is C12H17N5O4. The molecule has 0 radical (unpaired) electrons. The fourth-order valence-corrected chi connectivity index (χ4v) is 1.65. The number of carbonyl (C=O) groups is 1. The number of ether oxygens (including phenoxy) is 1. The van der Waals surface area contributed by atoms with Gasteiger partial charge in [-0.05, 0) is 23.8 Å². The summed E-state index contributed by atoms with van der Waals surface area (Å²) >= 11 is 0. The number of amides is 1. The highest BCUT2D eigenvalue weighted by atomic mass is 16.5. The zero-order valence-electron chi connectivity index (χ0n) is 11.6. The Morgan fingerprint density at radius 1 is 1.62 bits per heavy atom. The largest absolute Gasteiger partial charge is 0.461 e. The third-order valence-corrected chi connectivity index (χ3v) is 2.64. The molecule has 0 aromatic carbocycles. The maximum atomic E-state index is 11.7. The van der Waals surface area contributed by atoms with Gasteiger partial charge < -0.3 is 19.6 Å². The van der Waals surface area contributed by atoms with E-state index in [1.807, 2.05) is 0 Å². The van der Waals surface area contributed by atoms with Crippen LogP contribution >= 0.6 is 0 Å². The van der Waals surface area contributed by atoms with Crippen LogP contribution in [0, 0.1) is 0 Å². The van der Waals surface area contributed by atoms with Crippen molar-refractivity contribution in [2.75, 3.05) is 20.3 Å². The third kappa shape index (κ3) is 4.65. The molecule has 21 heavy (non-hydrogen) atoms. The lowest BCUT2D eigenvalue weighted by molar-refractivity contribution is -0.122. The van der Waals surface area contributed by atoms with Gasteiger partial charge in [-0.15, -0.1) is 10.2 Å². The molecule has 0 saturated heterocycles. The van der Waals surface area contributed by atoms with Gasteiger partial charge in [0, 0.05) is 13.7 Å². The minimum Gasteiger partial charge on any atom is -0.461 e. The van der Waals surface area contributed by atoms with Crippen LogP contribution in [0.3, 0.4) is 0 Å². The second-order valence-corrected chi connectivity index (χ2v) is 4.37. The topological polar surface area (TPSA) is 115 Å². The van der Waals surface area contributed by atoms with E-state index < -0.39 is 6.10 Å². The number of aliphatic hydroxyl groups excluding tert-OH is 1. The lowest BCUT2D eigenvalue weighted by atomic mass is 10.2. The molecule has 0 fully saturated rings. The smallest absolute Gasteiger partial charge is 0.243 e. The molecule has 0 saturated carbocycles. The van der Waals surface area contributed by atoms with Crippen molar-refractivity contribution in [3.8, 4) is 11.6 Å². The monoisotopic (exact) mass is 295 g/mol. The van der Waals surface area contributed by atoms with Crippen LogP contribution < -0.4 is 5.32 Å². The summed E-state index contributed by atoms with van der Waals surface area (Å²) in [6, 6.07) is 3.42. The van der Waals surface area contributed by atoms with Crippen LogP contribution in [0.1, 0.15) is 6.42 Å². The summed E-state index contributed by atoms with van der Waals surface area (Å²) in [6.45, 7) is 0.546. The second kappa shape index (κ2) is 7.50. The van der Waals surface area contributed by atoms with Crippen molar-refractivity contribution < 1.29 is 19.1 Å². The van der Waals surface area contributed by atoms with Crippen molar-refractivity contribution in [3.05, 3.63) is 18.4 Å². The van der Waals surface area contributed by atoms with Crippen LogP contribution in [0.4, 0.5) is 0 Å². The Bertz CT molecular complexity index is 554. The Kier molecular flexibility index (Phi) is 5.41. The highest BCUT2D eigenvalue weighted by Gasteiger charge is 2.11.